The van der Waals surface area contributed by atoms with Gasteiger partial charge in [0.2, 0.25) is 5.91 Å². The van der Waals surface area contributed by atoms with Crippen LogP contribution in [0.4, 0.5) is 0 Å². The van der Waals surface area contributed by atoms with Crippen molar-refractivity contribution < 1.29 is 10.0 Å². The molecule has 0 saturated heterocycles. The molecule has 0 spiro atoms. The third-order valence-corrected chi connectivity index (χ3v) is 3.01. The topological polar surface area (TPSA) is 78.9 Å². The number of amides is 1. The minimum atomic E-state index is -0.903. The Bertz CT molecular complexity index is 266. The fourth-order valence-electron chi connectivity index (χ4n) is 1.57. The number of hydrogen-bond donors (Lipinski definition) is 2. The lowest BCUT2D eigenvalue weighted by Gasteiger charge is -2.32. The van der Waals surface area contributed by atoms with Crippen molar-refractivity contribution in [3.05, 3.63) is 0 Å². The number of rotatable bonds is 6. The first-order chi connectivity index (χ1) is 7.47. The minimum Gasteiger partial charge on any atom is -0.409 e. The summed E-state index contributed by atoms with van der Waals surface area (Å²) in [6.07, 6.45) is 1.41. The summed E-state index contributed by atoms with van der Waals surface area (Å²) < 4.78 is 0. The van der Waals surface area contributed by atoms with Crippen LogP contribution < -0.4 is 5.73 Å². The first kappa shape index (κ1) is 14.7. The number of amidine groups is 1. The van der Waals surface area contributed by atoms with Crippen LogP contribution in [0.25, 0.3) is 0 Å². The standard InChI is InChI=1S/C11H23N3O2/c1-5-8-14(7-3)10(15)11(4,6-2)9(12)13-16/h16H,5-8H2,1-4H3,(H2,12,13). The third-order valence-electron chi connectivity index (χ3n) is 3.01. The maximum absolute atomic E-state index is 12.3. The number of carbonyl (C=O) groups excluding carboxylic acids is 1. The number of nitrogens with two attached hydrogens (primary N) is 1. The van der Waals surface area contributed by atoms with Crippen LogP contribution in [-0.4, -0.2) is 34.9 Å². The summed E-state index contributed by atoms with van der Waals surface area (Å²) in [5.41, 5.74) is 4.70. The van der Waals surface area contributed by atoms with Gasteiger partial charge in [-0.15, -0.1) is 0 Å². The van der Waals surface area contributed by atoms with Gasteiger partial charge in [-0.1, -0.05) is 19.0 Å². The highest BCUT2D eigenvalue weighted by Crippen LogP contribution is 2.24. The van der Waals surface area contributed by atoms with E-state index in [0.717, 1.165) is 6.42 Å². The lowest BCUT2D eigenvalue weighted by Crippen LogP contribution is -2.49. The normalized spacial score (nSPS) is 15.6. The van der Waals surface area contributed by atoms with Gasteiger partial charge in [0.05, 0.1) is 0 Å². The zero-order chi connectivity index (χ0) is 12.8. The zero-order valence-electron chi connectivity index (χ0n) is 10.7. The summed E-state index contributed by atoms with van der Waals surface area (Å²) >= 11 is 0. The van der Waals surface area contributed by atoms with Gasteiger partial charge < -0.3 is 15.8 Å². The molecular formula is C11H23N3O2. The van der Waals surface area contributed by atoms with Gasteiger partial charge in [0.25, 0.3) is 0 Å². The molecule has 0 aromatic heterocycles. The second kappa shape index (κ2) is 6.35. The van der Waals surface area contributed by atoms with E-state index in [4.69, 9.17) is 10.9 Å². The zero-order valence-corrected chi connectivity index (χ0v) is 10.7. The molecule has 5 nitrogen and oxygen atoms in total. The summed E-state index contributed by atoms with van der Waals surface area (Å²) in [6, 6.07) is 0. The van der Waals surface area contributed by atoms with Gasteiger partial charge in [-0.25, -0.2) is 0 Å². The van der Waals surface area contributed by atoms with Crippen molar-refractivity contribution in [1.29, 1.82) is 0 Å². The molecule has 0 aliphatic heterocycles. The molecular weight excluding hydrogens is 206 g/mol. The summed E-state index contributed by atoms with van der Waals surface area (Å²) in [5.74, 6) is -0.0933. The molecule has 5 heteroatoms. The lowest BCUT2D eigenvalue weighted by molar-refractivity contribution is -0.137. The molecule has 0 aliphatic carbocycles. The molecule has 1 unspecified atom stereocenters. The van der Waals surface area contributed by atoms with Crippen LogP contribution in [0.15, 0.2) is 5.16 Å². The van der Waals surface area contributed by atoms with Gasteiger partial charge >= 0.3 is 0 Å². The smallest absolute Gasteiger partial charge is 0.236 e. The molecule has 0 rings (SSSR count). The maximum Gasteiger partial charge on any atom is 0.236 e. The van der Waals surface area contributed by atoms with Crippen molar-refractivity contribution in [3.63, 3.8) is 0 Å². The van der Waals surface area contributed by atoms with Crippen molar-refractivity contribution in [2.24, 2.45) is 16.3 Å². The van der Waals surface area contributed by atoms with Crippen LogP contribution in [0.2, 0.25) is 0 Å². The van der Waals surface area contributed by atoms with E-state index in [0.29, 0.717) is 19.5 Å². The third kappa shape index (κ3) is 2.87. The Morgan fingerprint density at radius 3 is 2.31 bits per heavy atom. The Balaban J connectivity index is 5.02. The van der Waals surface area contributed by atoms with Crippen LogP contribution in [0, 0.1) is 5.41 Å². The second-order valence-corrected chi connectivity index (χ2v) is 4.06. The van der Waals surface area contributed by atoms with E-state index in [-0.39, 0.29) is 11.7 Å². The van der Waals surface area contributed by atoms with E-state index in [1.165, 1.54) is 0 Å². The Kier molecular flexibility index (Phi) is 5.85. The highest BCUT2D eigenvalue weighted by molar-refractivity contribution is 6.06. The average Bonchev–Trinajstić information content (AvgIpc) is 2.32. The van der Waals surface area contributed by atoms with Crippen molar-refractivity contribution in [1.82, 2.24) is 4.90 Å². The van der Waals surface area contributed by atoms with Gasteiger partial charge in [-0.05, 0) is 26.7 Å². The predicted molar refractivity (Wildman–Crippen MR) is 64.4 cm³/mol. The molecule has 1 atom stereocenters. The molecule has 1 amide bonds. The first-order valence-electron chi connectivity index (χ1n) is 5.75. The molecule has 0 saturated carbocycles. The van der Waals surface area contributed by atoms with Gasteiger partial charge in [0.1, 0.15) is 5.41 Å². The molecule has 0 radical (unpaired) electrons. The van der Waals surface area contributed by atoms with Gasteiger partial charge in [0, 0.05) is 13.1 Å². The van der Waals surface area contributed by atoms with Crippen LogP contribution in [0.1, 0.15) is 40.5 Å². The van der Waals surface area contributed by atoms with Crippen LogP contribution >= 0.6 is 0 Å². The van der Waals surface area contributed by atoms with Crippen LogP contribution in [0.5, 0.6) is 0 Å². The Morgan fingerprint density at radius 1 is 1.44 bits per heavy atom. The van der Waals surface area contributed by atoms with Crippen molar-refractivity contribution in [2.45, 2.75) is 40.5 Å². The van der Waals surface area contributed by atoms with Crippen molar-refractivity contribution in [3.8, 4) is 0 Å². The molecule has 16 heavy (non-hydrogen) atoms. The molecule has 0 fully saturated rings. The van der Waals surface area contributed by atoms with E-state index >= 15 is 0 Å². The highest BCUT2D eigenvalue weighted by Gasteiger charge is 2.38. The fraction of sp³-hybridized carbons (Fsp3) is 0.818. The molecule has 0 heterocycles. The summed E-state index contributed by atoms with van der Waals surface area (Å²) in [4.78, 5) is 14.0. The Hall–Kier alpha value is -1.26. The van der Waals surface area contributed by atoms with E-state index in [9.17, 15) is 4.79 Å². The summed E-state index contributed by atoms with van der Waals surface area (Å²) in [5, 5.41) is 11.7. The van der Waals surface area contributed by atoms with Gasteiger partial charge in [-0.2, -0.15) is 0 Å². The molecule has 0 aromatic rings. The first-order valence-corrected chi connectivity index (χ1v) is 5.75. The Labute approximate surface area is 97.3 Å². The number of oxime groups is 1. The summed E-state index contributed by atoms with van der Waals surface area (Å²) in [7, 11) is 0. The minimum absolute atomic E-state index is 0.0189. The second-order valence-electron chi connectivity index (χ2n) is 4.06. The fourth-order valence-corrected chi connectivity index (χ4v) is 1.57. The molecule has 0 aliphatic rings. The Morgan fingerprint density at radius 2 is 2.00 bits per heavy atom. The summed E-state index contributed by atoms with van der Waals surface area (Å²) in [6.45, 7) is 8.85. The molecule has 0 aromatic carbocycles. The lowest BCUT2D eigenvalue weighted by atomic mass is 9.84. The number of nitrogens with zero attached hydrogens (tertiary/aromatic N) is 2. The van der Waals surface area contributed by atoms with E-state index in [1.807, 2.05) is 20.8 Å². The van der Waals surface area contributed by atoms with Crippen LogP contribution in [0.3, 0.4) is 0 Å². The van der Waals surface area contributed by atoms with E-state index in [2.05, 4.69) is 5.16 Å². The number of hydrogen-bond acceptors (Lipinski definition) is 3. The molecule has 94 valence electrons. The van der Waals surface area contributed by atoms with E-state index in [1.54, 1.807) is 11.8 Å². The number of carbonyl (C=O) groups is 1. The average molecular weight is 229 g/mol. The monoisotopic (exact) mass is 229 g/mol. The van der Waals surface area contributed by atoms with Crippen molar-refractivity contribution in [2.75, 3.05) is 13.1 Å². The predicted octanol–water partition coefficient (Wildman–Crippen LogP) is 1.41. The molecule has 0 bridgehead atoms. The van der Waals surface area contributed by atoms with Gasteiger partial charge in [-0.3, -0.25) is 4.79 Å². The van der Waals surface area contributed by atoms with Gasteiger partial charge in [0.15, 0.2) is 5.84 Å². The van der Waals surface area contributed by atoms with E-state index < -0.39 is 5.41 Å². The largest absolute Gasteiger partial charge is 0.409 e. The SMILES string of the molecule is CCCN(CC)C(=O)C(C)(CC)C(N)=NO. The molecule has 3 N–H and O–H groups in total. The maximum atomic E-state index is 12.3. The van der Waals surface area contributed by atoms with Crippen LogP contribution in [-0.2, 0) is 4.79 Å². The van der Waals surface area contributed by atoms with Crippen molar-refractivity contribution >= 4 is 11.7 Å². The highest BCUT2D eigenvalue weighted by atomic mass is 16.4. The quantitative estimate of drug-likeness (QED) is 0.313.